The monoisotopic (exact) mass is 447 g/mol. The molecule has 11 nitrogen and oxygen atoms in total. The molecule has 12 heteroatoms. The molecule has 1 aromatic carbocycles. The second-order valence-electron chi connectivity index (χ2n) is 8.42. The highest BCUT2D eigenvalue weighted by Gasteiger charge is 2.32. The third-order valence-corrected chi connectivity index (χ3v) is 6.17. The lowest BCUT2D eigenvalue weighted by Crippen LogP contribution is -2.42. The number of rotatable bonds is 2. The highest BCUT2D eigenvalue weighted by Crippen LogP contribution is 2.37. The van der Waals surface area contributed by atoms with Crippen molar-refractivity contribution in [2.45, 2.75) is 37.4 Å². The van der Waals surface area contributed by atoms with E-state index in [0.717, 1.165) is 19.3 Å². The number of hydrogen-bond donors (Lipinski definition) is 5. The molecule has 1 aliphatic heterocycles. The molecule has 0 saturated heterocycles. The number of nitrogens with zero attached hydrogens (tertiary/aromatic N) is 4. The normalized spacial score (nSPS) is 22.4. The van der Waals surface area contributed by atoms with Gasteiger partial charge in [-0.3, -0.25) is 4.79 Å². The summed E-state index contributed by atoms with van der Waals surface area (Å²) in [6.07, 6.45) is 3.81. The predicted molar refractivity (Wildman–Crippen MR) is 128 cm³/mol. The fourth-order valence-corrected chi connectivity index (χ4v) is 4.60. The van der Waals surface area contributed by atoms with Crippen LogP contribution >= 0.6 is 0 Å². The molecule has 170 valence electrons. The zero-order valence-corrected chi connectivity index (χ0v) is 18.5. The first-order chi connectivity index (χ1) is 15.9. The van der Waals surface area contributed by atoms with Crippen LogP contribution < -0.4 is 32.5 Å². The molecule has 1 saturated carbocycles. The van der Waals surface area contributed by atoms with Crippen molar-refractivity contribution in [2.24, 2.45) is 5.84 Å². The minimum atomic E-state index is -0.732. The van der Waals surface area contributed by atoms with Crippen LogP contribution in [0.2, 0.25) is 0 Å². The number of nitrogens with two attached hydrogens (primary N) is 2. The number of ether oxygens (including phenoxy) is 1. The van der Waals surface area contributed by atoms with Crippen LogP contribution in [0, 0.1) is 0 Å². The summed E-state index contributed by atoms with van der Waals surface area (Å²) in [5.74, 6) is 6.27. The number of carbonyl (C=O) groups excluding carboxylic acids is 1. The van der Waals surface area contributed by atoms with Crippen molar-refractivity contribution >= 4 is 48.0 Å². The van der Waals surface area contributed by atoms with Crippen LogP contribution in [0.1, 0.15) is 41.3 Å². The number of nitrogens with one attached hydrogen (secondary N) is 3. The lowest BCUT2D eigenvalue weighted by atomic mass is 9.90. The van der Waals surface area contributed by atoms with Gasteiger partial charge in [-0.25, -0.2) is 15.3 Å². The van der Waals surface area contributed by atoms with Crippen molar-refractivity contribution in [2.75, 3.05) is 35.5 Å². The molecular formula is C21H26BN9O2. The smallest absolute Gasteiger partial charge is 0.271 e. The van der Waals surface area contributed by atoms with E-state index in [9.17, 15) is 4.79 Å². The van der Waals surface area contributed by atoms with Crippen LogP contribution in [-0.4, -0.2) is 54.6 Å². The predicted octanol–water partition coefficient (Wildman–Crippen LogP) is 1.25. The second kappa shape index (κ2) is 8.12. The molecule has 3 unspecified atom stereocenters. The molecule has 5 rings (SSSR count). The lowest BCUT2D eigenvalue weighted by molar-refractivity contribution is 0.0178. The Kier molecular flexibility index (Phi) is 5.25. The zero-order valence-electron chi connectivity index (χ0n) is 18.5. The van der Waals surface area contributed by atoms with Gasteiger partial charge in [-0.15, -0.1) is 5.10 Å². The van der Waals surface area contributed by atoms with Gasteiger partial charge in [-0.2, -0.15) is 0 Å². The van der Waals surface area contributed by atoms with Gasteiger partial charge in [-0.1, -0.05) is 0 Å². The molecule has 33 heavy (non-hydrogen) atoms. The molecule has 2 radical (unpaired) electrons. The topological polar surface area (TPSA) is 148 Å². The standard InChI is InChI=1S/C21H26BN9O2/c1-25-14-8-17-27-13-7-10(6-11(23)18(13)30(2)24)19(22)33-16-5-3-4-12(16)28-21(32)15-9-26-20(14)31(15)29-17/h6-9,12,16,19,25H,3-5,23-24H2,1-2H3,(H,27,29)(H,28,32). The van der Waals surface area contributed by atoms with Crippen molar-refractivity contribution in [1.82, 2.24) is 19.9 Å². The average molecular weight is 447 g/mol. The molecular weight excluding hydrogens is 421 g/mol. The van der Waals surface area contributed by atoms with Crippen LogP contribution in [0.25, 0.3) is 5.65 Å². The number of fused-ring (bicyclic) bond motifs is 4. The molecule has 1 amide bonds. The first-order valence-electron chi connectivity index (χ1n) is 10.8. The van der Waals surface area contributed by atoms with E-state index in [4.69, 9.17) is 24.2 Å². The Morgan fingerprint density at radius 3 is 2.91 bits per heavy atom. The number of nitrogen functional groups attached to an aromatic ring is 1. The fraction of sp³-hybridized carbons (Fsp3) is 0.381. The van der Waals surface area contributed by atoms with Crippen LogP contribution in [-0.2, 0) is 4.74 Å². The van der Waals surface area contributed by atoms with Crippen LogP contribution in [0.15, 0.2) is 24.4 Å². The largest absolute Gasteiger partial charge is 0.397 e. The molecule has 1 aliphatic carbocycles. The maximum absolute atomic E-state index is 13.2. The number of hydrazine groups is 1. The summed E-state index contributed by atoms with van der Waals surface area (Å²) in [5.41, 5.74) is 10.2. The minimum Gasteiger partial charge on any atom is -0.397 e. The van der Waals surface area contributed by atoms with E-state index in [0.29, 0.717) is 45.5 Å². The molecule has 4 bridgehead atoms. The van der Waals surface area contributed by atoms with E-state index in [2.05, 4.69) is 26.0 Å². The Labute approximate surface area is 192 Å². The maximum Gasteiger partial charge on any atom is 0.271 e. The van der Waals surface area contributed by atoms with E-state index in [1.807, 2.05) is 6.07 Å². The second-order valence-corrected chi connectivity index (χ2v) is 8.42. The molecule has 3 heterocycles. The zero-order chi connectivity index (χ0) is 23.3. The average Bonchev–Trinajstić information content (AvgIpc) is 3.38. The van der Waals surface area contributed by atoms with Gasteiger partial charge in [0.2, 0.25) is 0 Å². The highest BCUT2D eigenvalue weighted by atomic mass is 16.5. The fourth-order valence-electron chi connectivity index (χ4n) is 4.60. The number of anilines is 5. The quantitative estimate of drug-likeness (QED) is 0.169. The van der Waals surface area contributed by atoms with Crippen molar-refractivity contribution in [3.63, 3.8) is 0 Å². The number of aromatic nitrogens is 3. The summed E-state index contributed by atoms with van der Waals surface area (Å²) in [5, 5.41) is 15.5. The van der Waals surface area contributed by atoms with Crippen LogP contribution in [0.3, 0.4) is 0 Å². The van der Waals surface area contributed by atoms with Crippen molar-refractivity contribution < 1.29 is 9.53 Å². The molecule has 3 aromatic rings. The van der Waals surface area contributed by atoms with Crippen molar-refractivity contribution in [1.29, 1.82) is 0 Å². The summed E-state index contributed by atoms with van der Waals surface area (Å²) < 4.78 is 7.71. The molecule has 7 N–H and O–H groups in total. The van der Waals surface area contributed by atoms with Gasteiger partial charge in [-0.05, 0) is 37.0 Å². The van der Waals surface area contributed by atoms with Crippen LogP contribution in [0.4, 0.5) is 28.6 Å². The molecule has 2 aliphatic rings. The van der Waals surface area contributed by atoms with E-state index in [-0.39, 0.29) is 18.1 Å². The van der Waals surface area contributed by atoms with Gasteiger partial charge >= 0.3 is 0 Å². The molecule has 1 fully saturated rings. The first-order valence-corrected chi connectivity index (χ1v) is 10.8. The van der Waals surface area contributed by atoms with Gasteiger partial charge in [0.25, 0.3) is 5.91 Å². The highest BCUT2D eigenvalue weighted by molar-refractivity contribution is 6.11. The third-order valence-electron chi connectivity index (χ3n) is 6.17. The van der Waals surface area contributed by atoms with Crippen LogP contribution in [0.5, 0.6) is 0 Å². The summed E-state index contributed by atoms with van der Waals surface area (Å²) in [4.78, 5) is 17.6. The summed E-state index contributed by atoms with van der Waals surface area (Å²) in [6.45, 7) is 0. The van der Waals surface area contributed by atoms with Crippen molar-refractivity contribution in [3.8, 4) is 0 Å². The number of benzene rings is 1. The Bertz CT molecular complexity index is 1230. The van der Waals surface area contributed by atoms with Gasteiger partial charge in [0, 0.05) is 26.2 Å². The SMILES string of the molecule is [B]C1OC2CCCC2NC(=O)c2cnc3c(NC)cc(nn23)Nc2cc1cc(N)c2N(C)N. The summed E-state index contributed by atoms with van der Waals surface area (Å²) in [6, 6.07) is 4.50. The number of hydrogen-bond acceptors (Lipinski definition) is 9. The number of amides is 1. The Morgan fingerprint density at radius 2 is 2.15 bits per heavy atom. The van der Waals surface area contributed by atoms with Gasteiger partial charge in [0.1, 0.15) is 7.85 Å². The Balaban J connectivity index is 1.72. The number of imidazole rings is 1. The van der Waals surface area contributed by atoms with Crippen molar-refractivity contribution in [3.05, 3.63) is 35.7 Å². The van der Waals surface area contributed by atoms with Gasteiger partial charge < -0.3 is 31.4 Å². The van der Waals surface area contributed by atoms with Gasteiger partial charge in [0.05, 0.1) is 41.1 Å². The third kappa shape index (κ3) is 3.70. The molecule has 0 spiro atoms. The first kappa shape index (κ1) is 21.3. The van der Waals surface area contributed by atoms with E-state index in [1.165, 1.54) is 15.7 Å². The Morgan fingerprint density at radius 1 is 1.33 bits per heavy atom. The molecule has 3 atom stereocenters. The minimum absolute atomic E-state index is 0.173. The van der Waals surface area contributed by atoms with E-state index < -0.39 is 6.00 Å². The number of carbonyl (C=O) groups is 1. The van der Waals surface area contributed by atoms with E-state index >= 15 is 0 Å². The van der Waals surface area contributed by atoms with E-state index in [1.54, 1.807) is 26.2 Å². The maximum atomic E-state index is 13.2. The molecule has 2 aromatic heterocycles. The summed E-state index contributed by atoms with van der Waals surface area (Å²) >= 11 is 0. The van der Waals surface area contributed by atoms with Gasteiger partial charge in [0.15, 0.2) is 17.2 Å². The summed E-state index contributed by atoms with van der Waals surface area (Å²) in [7, 11) is 9.90. The lowest BCUT2D eigenvalue weighted by Gasteiger charge is -2.28. The Hall–Kier alpha value is -3.51.